The summed E-state index contributed by atoms with van der Waals surface area (Å²) < 4.78 is 16.9. The molecule has 0 radical (unpaired) electrons. The van der Waals surface area contributed by atoms with Crippen molar-refractivity contribution in [1.82, 2.24) is 0 Å². The first-order valence-electron chi connectivity index (χ1n) is 33.5. The van der Waals surface area contributed by atoms with Crippen LogP contribution in [-0.4, -0.2) is 37.2 Å². The molecule has 0 heterocycles. The third-order valence-corrected chi connectivity index (χ3v) is 13.7. The van der Waals surface area contributed by atoms with Gasteiger partial charge in [-0.25, -0.2) is 0 Å². The number of ether oxygens (including phenoxy) is 3. The summed E-state index contributed by atoms with van der Waals surface area (Å²) in [6.07, 6.45) is 99.6. The fraction of sp³-hybridized carbons (Fsp3) is 0.618. The fourth-order valence-corrected chi connectivity index (χ4v) is 8.80. The Morgan fingerprint density at radius 3 is 0.756 bits per heavy atom. The average molecular weight is 1130 g/mol. The lowest BCUT2D eigenvalue weighted by atomic mass is 10.1. The van der Waals surface area contributed by atoms with Gasteiger partial charge in [-0.05, 0) is 148 Å². The van der Waals surface area contributed by atoms with Crippen LogP contribution in [0.3, 0.4) is 0 Å². The second-order valence-corrected chi connectivity index (χ2v) is 21.6. The van der Waals surface area contributed by atoms with Gasteiger partial charge in [0, 0.05) is 19.3 Å². The predicted molar refractivity (Wildman–Crippen MR) is 357 cm³/mol. The van der Waals surface area contributed by atoms with Crippen molar-refractivity contribution in [2.45, 2.75) is 290 Å². The Hall–Kier alpha value is -4.97. The molecule has 0 aliphatic rings. The highest BCUT2D eigenvalue weighted by Gasteiger charge is 2.19. The van der Waals surface area contributed by atoms with Crippen molar-refractivity contribution in [1.29, 1.82) is 0 Å². The van der Waals surface area contributed by atoms with Gasteiger partial charge in [0.05, 0.1) is 0 Å². The van der Waals surface area contributed by atoms with Gasteiger partial charge in [0.25, 0.3) is 0 Å². The molecular weight excluding hydrogens is 1010 g/mol. The molecule has 6 heteroatoms. The summed E-state index contributed by atoms with van der Waals surface area (Å²) >= 11 is 0. The molecule has 6 nitrogen and oxygen atoms in total. The molecule has 0 N–H and O–H groups in total. The summed E-state index contributed by atoms with van der Waals surface area (Å²) in [7, 11) is 0. The van der Waals surface area contributed by atoms with E-state index in [9.17, 15) is 14.4 Å². The van der Waals surface area contributed by atoms with E-state index in [2.05, 4.69) is 179 Å². The molecule has 462 valence electrons. The van der Waals surface area contributed by atoms with Crippen molar-refractivity contribution in [3.8, 4) is 0 Å². The lowest BCUT2D eigenvalue weighted by Crippen LogP contribution is -2.30. The molecule has 0 aliphatic heterocycles. The van der Waals surface area contributed by atoms with Gasteiger partial charge in [0.15, 0.2) is 6.10 Å². The molecule has 1 atom stereocenters. The molecule has 0 saturated carbocycles. The molecule has 0 spiro atoms. The molecule has 0 aromatic rings. The largest absolute Gasteiger partial charge is 0.462 e. The van der Waals surface area contributed by atoms with Crippen molar-refractivity contribution in [3.05, 3.63) is 158 Å². The first-order chi connectivity index (χ1) is 40.5. The number of carbonyl (C=O) groups excluding carboxylic acids is 3. The van der Waals surface area contributed by atoms with Crippen molar-refractivity contribution in [2.24, 2.45) is 0 Å². The summed E-state index contributed by atoms with van der Waals surface area (Å²) in [4.78, 5) is 38.4. The number of rotatable bonds is 59. The molecule has 1 unspecified atom stereocenters. The average Bonchev–Trinajstić information content (AvgIpc) is 3.48. The van der Waals surface area contributed by atoms with Crippen molar-refractivity contribution < 1.29 is 28.6 Å². The van der Waals surface area contributed by atoms with E-state index < -0.39 is 6.10 Å². The molecule has 0 saturated heterocycles. The Bertz CT molecular complexity index is 1830. The Labute approximate surface area is 505 Å². The van der Waals surface area contributed by atoms with E-state index in [1.807, 2.05) is 0 Å². The fourth-order valence-electron chi connectivity index (χ4n) is 8.80. The number of esters is 3. The highest BCUT2D eigenvalue weighted by molar-refractivity contribution is 5.71. The zero-order valence-electron chi connectivity index (χ0n) is 52.9. The van der Waals surface area contributed by atoms with E-state index in [-0.39, 0.29) is 31.1 Å². The summed E-state index contributed by atoms with van der Waals surface area (Å²) in [5.41, 5.74) is 0. The van der Waals surface area contributed by atoms with Crippen LogP contribution >= 0.6 is 0 Å². The van der Waals surface area contributed by atoms with Gasteiger partial charge in [0.2, 0.25) is 0 Å². The minimum Gasteiger partial charge on any atom is -0.462 e. The van der Waals surface area contributed by atoms with Crippen LogP contribution in [0.1, 0.15) is 284 Å². The van der Waals surface area contributed by atoms with Gasteiger partial charge in [0.1, 0.15) is 13.2 Å². The quantitative estimate of drug-likeness (QED) is 0.0261. The van der Waals surface area contributed by atoms with Gasteiger partial charge in [-0.3, -0.25) is 14.4 Å². The molecule has 0 amide bonds. The van der Waals surface area contributed by atoms with E-state index in [4.69, 9.17) is 14.2 Å². The van der Waals surface area contributed by atoms with E-state index in [0.29, 0.717) is 19.3 Å². The highest BCUT2D eigenvalue weighted by Crippen LogP contribution is 2.15. The van der Waals surface area contributed by atoms with Crippen LogP contribution in [-0.2, 0) is 28.6 Å². The number of hydrogen-bond acceptors (Lipinski definition) is 6. The van der Waals surface area contributed by atoms with E-state index in [0.717, 1.165) is 180 Å². The van der Waals surface area contributed by atoms with Crippen molar-refractivity contribution >= 4 is 17.9 Å². The maximum absolute atomic E-state index is 12.9. The Balaban J connectivity index is 4.45. The van der Waals surface area contributed by atoms with Gasteiger partial charge >= 0.3 is 17.9 Å². The lowest BCUT2D eigenvalue weighted by molar-refractivity contribution is -0.167. The Kier molecular flexibility index (Phi) is 64.4. The number of unbranched alkanes of at least 4 members (excludes halogenated alkanes) is 22. The Morgan fingerprint density at radius 1 is 0.256 bits per heavy atom. The SMILES string of the molecule is CC/C=C\C/C=C\C/C=C\C/C=C\C/C=C\C/C=C\C/C=C\CCCCCCCC(=O)OCC(COC(=O)CCCCCCC/C=C\CCCCCCC)OC(=O)CCCCCCCCC/C=C\C/C=C\C/C=C\C/C=C\C/C=C\CC. The monoisotopic (exact) mass is 1130 g/mol. The van der Waals surface area contributed by atoms with Gasteiger partial charge < -0.3 is 14.2 Å². The maximum atomic E-state index is 12.9. The molecule has 0 aromatic heterocycles. The van der Waals surface area contributed by atoms with Gasteiger partial charge in [-0.1, -0.05) is 275 Å². The number of carbonyl (C=O) groups is 3. The summed E-state index contributed by atoms with van der Waals surface area (Å²) in [6, 6.07) is 0. The topological polar surface area (TPSA) is 78.9 Å². The molecule has 0 aliphatic carbocycles. The van der Waals surface area contributed by atoms with E-state index in [1.54, 1.807) is 0 Å². The third kappa shape index (κ3) is 65.8. The Morgan fingerprint density at radius 2 is 0.476 bits per heavy atom. The van der Waals surface area contributed by atoms with Crippen LogP contribution in [0.25, 0.3) is 0 Å². The van der Waals surface area contributed by atoms with Crippen LogP contribution in [0.4, 0.5) is 0 Å². The van der Waals surface area contributed by atoms with Crippen molar-refractivity contribution in [3.63, 3.8) is 0 Å². The second-order valence-electron chi connectivity index (χ2n) is 21.6. The summed E-state index contributed by atoms with van der Waals surface area (Å²) in [5, 5.41) is 0. The smallest absolute Gasteiger partial charge is 0.306 e. The molecular formula is C76H122O6. The predicted octanol–water partition coefficient (Wildman–Crippen LogP) is 23.3. The second kappa shape index (κ2) is 68.5. The van der Waals surface area contributed by atoms with Crippen molar-refractivity contribution in [2.75, 3.05) is 13.2 Å². The van der Waals surface area contributed by atoms with Crippen LogP contribution < -0.4 is 0 Å². The molecule has 0 bridgehead atoms. The molecule has 82 heavy (non-hydrogen) atoms. The van der Waals surface area contributed by atoms with Crippen LogP contribution in [0.5, 0.6) is 0 Å². The lowest BCUT2D eigenvalue weighted by Gasteiger charge is -2.18. The zero-order valence-corrected chi connectivity index (χ0v) is 52.9. The standard InChI is InChI=1S/C76H122O6/c1-4-7-10-13-16-19-22-25-28-30-32-34-36-37-38-39-41-42-44-46-48-51-54-57-60-63-66-69-75(78)81-72-73(71-80-74(77)68-65-62-59-56-53-50-27-24-21-18-15-12-9-6-3)82-76(79)70-67-64-61-58-55-52-49-47-45-43-40-35-33-31-29-26-23-20-17-14-11-8-5-2/h7-8,10-11,16-17,19-20,24-29,32-35,37-38,41-43,45-46,48,73H,4-6,9,12-15,18,21-23,30-31,36,39-40,44,47,49-72H2,1-3H3/b10-7-,11-8-,19-16-,20-17-,27-24-,28-25-,29-26-,34-32-,35-33-,38-37-,42-41-,45-43-,48-46-. The minimum absolute atomic E-state index is 0.0990. The third-order valence-electron chi connectivity index (χ3n) is 13.7. The van der Waals surface area contributed by atoms with Gasteiger partial charge in [-0.15, -0.1) is 0 Å². The van der Waals surface area contributed by atoms with Crippen LogP contribution in [0.2, 0.25) is 0 Å². The van der Waals surface area contributed by atoms with Gasteiger partial charge in [-0.2, -0.15) is 0 Å². The first-order valence-corrected chi connectivity index (χ1v) is 33.5. The van der Waals surface area contributed by atoms with Crippen LogP contribution in [0, 0.1) is 0 Å². The van der Waals surface area contributed by atoms with Crippen LogP contribution in [0.15, 0.2) is 158 Å². The normalized spacial score (nSPS) is 13.2. The molecule has 0 aromatic carbocycles. The zero-order chi connectivity index (χ0) is 59.2. The minimum atomic E-state index is -0.805. The maximum Gasteiger partial charge on any atom is 0.306 e. The summed E-state index contributed by atoms with van der Waals surface area (Å²) in [6.45, 7) is 6.38. The molecule has 0 rings (SSSR count). The summed E-state index contributed by atoms with van der Waals surface area (Å²) in [5.74, 6) is -0.938. The molecule has 0 fully saturated rings. The number of allylic oxidation sites excluding steroid dienone is 26. The first kappa shape index (κ1) is 77.0. The van der Waals surface area contributed by atoms with E-state index >= 15 is 0 Å². The van der Waals surface area contributed by atoms with E-state index in [1.165, 1.54) is 64.2 Å². The number of hydrogen-bond donors (Lipinski definition) is 0. The highest BCUT2D eigenvalue weighted by atomic mass is 16.6.